The van der Waals surface area contributed by atoms with Gasteiger partial charge in [-0.15, -0.1) is 0 Å². The van der Waals surface area contributed by atoms with Crippen LogP contribution in [0.4, 0.5) is 0 Å². The zero-order valence-electron chi connectivity index (χ0n) is 9.01. The summed E-state index contributed by atoms with van der Waals surface area (Å²) in [6.45, 7) is 3.49. The molecule has 0 radical (unpaired) electrons. The third-order valence-electron chi connectivity index (χ3n) is 2.99. The molecule has 3 heteroatoms. The van der Waals surface area contributed by atoms with Crippen LogP contribution in [0.2, 0.25) is 0 Å². The molecule has 0 aromatic heterocycles. The van der Waals surface area contributed by atoms with Gasteiger partial charge in [0.2, 0.25) is 0 Å². The minimum Gasteiger partial charge on any atom is -0.268 e. The van der Waals surface area contributed by atoms with Crippen LogP contribution >= 0.6 is 0 Å². The number of hydrogen-bond acceptors (Lipinski definition) is 2. The largest absolute Gasteiger partial charge is 0.268 e. The van der Waals surface area contributed by atoms with E-state index in [1.54, 1.807) is 6.07 Å². The first-order valence-corrected chi connectivity index (χ1v) is 5.26. The van der Waals surface area contributed by atoms with E-state index in [9.17, 15) is 9.59 Å². The maximum Gasteiger partial charge on any atom is 0.266 e. The van der Waals surface area contributed by atoms with Gasteiger partial charge >= 0.3 is 0 Å². The molecule has 0 bridgehead atoms. The summed E-state index contributed by atoms with van der Waals surface area (Å²) in [4.78, 5) is 25.1. The van der Waals surface area contributed by atoms with Crippen LogP contribution in [-0.4, -0.2) is 16.7 Å². The smallest absolute Gasteiger partial charge is 0.266 e. The summed E-state index contributed by atoms with van der Waals surface area (Å²) in [6.07, 6.45) is 1.26. The van der Waals surface area contributed by atoms with Crippen LogP contribution in [0.25, 0.3) is 10.8 Å². The first-order valence-electron chi connectivity index (χ1n) is 5.26. The molecule has 17 heavy (non-hydrogen) atoms. The first kappa shape index (κ1) is 9.78. The van der Waals surface area contributed by atoms with Crippen molar-refractivity contribution in [2.24, 2.45) is 0 Å². The molecule has 0 fully saturated rings. The fourth-order valence-electron chi connectivity index (χ4n) is 2.19. The van der Waals surface area contributed by atoms with Crippen molar-refractivity contribution in [3.63, 3.8) is 0 Å². The van der Waals surface area contributed by atoms with Crippen molar-refractivity contribution in [3.05, 3.63) is 60.3 Å². The van der Waals surface area contributed by atoms with Gasteiger partial charge in [-0.2, -0.15) is 0 Å². The Balaban J connectivity index is 2.41. The summed E-state index contributed by atoms with van der Waals surface area (Å²) in [6, 6.07) is 11.1. The molecule has 0 N–H and O–H groups in total. The third kappa shape index (κ3) is 1.16. The molecule has 0 unspecified atom stereocenters. The molecule has 82 valence electrons. The number of nitrogens with zero attached hydrogens (tertiary/aromatic N) is 1. The van der Waals surface area contributed by atoms with Crippen molar-refractivity contribution in [2.45, 2.75) is 0 Å². The van der Waals surface area contributed by atoms with E-state index in [0.717, 1.165) is 15.7 Å². The van der Waals surface area contributed by atoms with E-state index in [1.165, 1.54) is 6.20 Å². The average molecular weight is 223 g/mol. The molecule has 3 nitrogen and oxygen atoms in total. The maximum absolute atomic E-state index is 12.1. The van der Waals surface area contributed by atoms with Gasteiger partial charge in [-0.3, -0.25) is 9.59 Å². The Hall–Kier alpha value is -2.42. The summed E-state index contributed by atoms with van der Waals surface area (Å²) in [7, 11) is 0. The molecule has 2 aromatic carbocycles. The van der Waals surface area contributed by atoms with E-state index < -0.39 is 0 Å². The first-order chi connectivity index (χ1) is 8.24. The molecule has 0 spiro atoms. The van der Waals surface area contributed by atoms with Gasteiger partial charge in [0.15, 0.2) is 0 Å². The Bertz CT molecular complexity index is 673. The minimum atomic E-state index is -0.300. The highest BCUT2D eigenvalue weighted by molar-refractivity contribution is 6.27. The number of hydrogen-bond donors (Lipinski definition) is 0. The van der Waals surface area contributed by atoms with Gasteiger partial charge in [-0.25, -0.2) is 4.90 Å². The third-order valence-corrected chi connectivity index (χ3v) is 2.99. The summed E-state index contributed by atoms with van der Waals surface area (Å²) in [5.74, 6) is -0.595. The highest BCUT2D eigenvalue weighted by Crippen LogP contribution is 2.30. The molecule has 1 aliphatic heterocycles. The van der Waals surface area contributed by atoms with Crippen LogP contribution in [-0.2, 0) is 0 Å². The molecule has 1 heterocycles. The van der Waals surface area contributed by atoms with Gasteiger partial charge in [-0.05, 0) is 16.8 Å². The van der Waals surface area contributed by atoms with Gasteiger partial charge in [0, 0.05) is 6.20 Å². The second kappa shape index (κ2) is 3.28. The zero-order chi connectivity index (χ0) is 12.0. The standard InChI is InChI=1S/C14H9NO2/c1-2-15-13(16)11-8-7-9-5-3-4-6-10(9)12(11)14(15)17/h2-8H,1H2. The van der Waals surface area contributed by atoms with Gasteiger partial charge in [0.05, 0.1) is 11.1 Å². The SMILES string of the molecule is C=CN1C(=O)c2ccc3ccccc3c2C1=O. The Morgan fingerprint density at radius 3 is 2.53 bits per heavy atom. The van der Waals surface area contributed by atoms with Gasteiger partial charge < -0.3 is 0 Å². The number of rotatable bonds is 1. The van der Waals surface area contributed by atoms with E-state index in [1.807, 2.05) is 30.3 Å². The normalized spacial score (nSPS) is 14.2. The number of carbonyl (C=O) groups excluding carboxylic acids is 2. The molecular formula is C14H9NO2. The highest BCUT2D eigenvalue weighted by atomic mass is 16.2. The molecule has 2 amide bonds. The topological polar surface area (TPSA) is 37.4 Å². The number of carbonyl (C=O) groups is 2. The Kier molecular flexibility index (Phi) is 1.89. The van der Waals surface area contributed by atoms with Crippen LogP contribution < -0.4 is 0 Å². The van der Waals surface area contributed by atoms with E-state index in [4.69, 9.17) is 0 Å². The molecule has 3 rings (SSSR count). The van der Waals surface area contributed by atoms with Crippen LogP contribution in [0, 0.1) is 0 Å². The molecule has 0 aliphatic carbocycles. The number of fused-ring (bicyclic) bond motifs is 3. The lowest BCUT2D eigenvalue weighted by Crippen LogP contribution is -2.22. The lowest BCUT2D eigenvalue weighted by atomic mass is 10.0. The van der Waals surface area contributed by atoms with Crippen molar-refractivity contribution >= 4 is 22.6 Å². The fourth-order valence-corrected chi connectivity index (χ4v) is 2.19. The number of amides is 2. The molecule has 2 aromatic rings. The number of benzene rings is 2. The zero-order valence-corrected chi connectivity index (χ0v) is 9.01. The predicted octanol–water partition coefficient (Wildman–Crippen LogP) is 2.58. The van der Waals surface area contributed by atoms with Gasteiger partial charge in [-0.1, -0.05) is 36.9 Å². The van der Waals surface area contributed by atoms with E-state index >= 15 is 0 Å². The predicted molar refractivity (Wildman–Crippen MR) is 64.6 cm³/mol. The molecule has 0 atom stereocenters. The average Bonchev–Trinajstić information content (AvgIpc) is 2.61. The second-order valence-electron chi connectivity index (χ2n) is 3.87. The summed E-state index contributed by atoms with van der Waals surface area (Å²) in [5.41, 5.74) is 0.932. The summed E-state index contributed by atoms with van der Waals surface area (Å²) in [5, 5.41) is 1.77. The Morgan fingerprint density at radius 2 is 1.76 bits per heavy atom. The van der Waals surface area contributed by atoms with E-state index in [2.05, 4.69) is 6.58 Å². The van der Waals surface area contributed by atoms with Gasteiger partial charge in [0.1, 0.15) is 0 Å². The van der Waals surface area contributed by atoms with Crippen LogP contribution in [0.5, 0.6) is 0 Å². The van der Waals surface area contributed by atoms with Crippen molar-refractivity contribution in [1.29, 1.82) is 0 Å². The molecule has 1 aliphatic rings. The minimum absolute atomic E-state index is 0.295. The van der Waals surface area contributed by atoms with Crippen LogP contribution in [0.1, 0.15) is 20.7 Å². The van der Waals surface area contributed by atoms with E-state index in [0.29, 0.717) is 11.1 Å². The quantitative estimate of drug-likeness (QED) is 0.697. The summed E-state index contributed by atoms with van der Waals surface area (Å²) >= 11 is 0. The molecule has 0 saturated carbocycles. The Morgan fingerprint density at radius 1 is 1.00 bits per heavy atom. The Labute approximate surface area is 98.0 Å². The van der Waals surface area contributed by atoms with Crippen molar-refractivity contribution in [3.8, 4) is 0 Å². The maximum atomic E-state index is 12.1. The fraction of sp³-hybridized carbons (Fsp3) is 0. The van der Waals surface area contributed by atoms with Crippen LogP contribution in [0.15, 0.2) is 49.2 Å². The molecular weight excluding hydrogens is 214 g/mol. The highest BCUT2D eigenvalue weighted by Gasteiger charge is 2.35. The molecule has 0 saturated heterocycles. The summed E-state index contributed by atoms with van der Waals surface area (Å²) < 4.78 is 0. The van der Waals surface area contributed by atoms with E-state index in [-0.39, 0.29) is 11.8 Å². The van der Waals surface area contributed by atoms with Crippen LogP contribution in [0.3, 0.4) is 0 Å². The lowest BCUT2D eigenvalue weighted by Gasteiger charge is -2.05. The van der Waals surface area contributed by atoms with Crippen molar-refractivity contribution < 1.29 is 9.59 Å². The lowest BCUT2D eigenvalue weighted by molar-refractivity contribution is 0.0722. The number of imide groups is 1. The van der Waals surface area contributed by atoms with Crippen molar-refractivity contribution in [1.82, 2.24) is 4.90 Å². The van der Waals surface area contributed by atoms with Gasteiger partial charge in [0.25, 0.3) is 11.8 Å². The second-order valence-corrected chi connectivity index (χ2v) is 3.87. The monoisotopic (exact) mass is 223 g/mol. The van der Waals surface area contributed by atoms with Crippen molar-refractivity contribution in [2.75, 3.05) is 0 Å².